The number of amides is 4. The number of nitrogens with one attached hydrogen (secondary N) is 2. The zero-order valence-corrected chi connectivity index (χ0v) is 36.3. The van der Waals surface area contributed by atoms with Gasteiger partial charge in [-0.2, -0.15) is 9.61 Å². The van der Waals surface area contributed by atoms with Crippen molar-refractivity contribution in [3.63, 3.8) is 0 Å². The summed E-state index contributed by atoms with van der Waals surface area (Å²) in [4.78, 5) is 66.2. The van der Waals surface area contributed by atoms with Crippen molar-refractivity contribution in [1.29, 1.82) is 0 Å². The van der Waals surface area contributed by atoms with Crippen molar-refractivity contribution in [3.8, 4) is 22.4 Å². The molecule has 1 unspecified atom stereocenters. The summed E-state index contributed by atoms with van der Waals surface area (Å²) in [6.45, 7) is 9.96. The van der Waals surface area contributed by atoms with E-state index in [2.05, 4.69) is 67.8 Å². The molecule has 15 nitrogen and oxygen atoms in total. The Kier molecular flexibility index (Phi) is 12.7. The Hall–Kier alpha value is -6.23. The summed E-state index contributed by atoms with van der Waals surface area (Å²) >= 11 is 0. The number of halogens is 1. The van der Waals surface area contributed by atoms with Crippen LogP contribution in [-0.4, -0.2) is 148 Å². The number of piperazine rings is 2. The van der Waals surface area contributed by atoms with Crippen LogP contribution in [-0.2, 0) is 27.3 Å². The topological polar surface area (TPSA) is 159 Å². The maximum absolute atomic E-state index is 14.7. The second kappa shape index (κ2) is 18.9. The molecule has 4 amide bonds. The molecule has 6 heterocycles. The van der Waals surface area contributed by atoms with E-state index in [-0.39, 0.29) is 49.9 Å². The van der Waals surface area contributed by atoms with E-state index in [0.29, 0.717) is 30.9 Å². The number of aliphatic hydroxyl groups is 1. The molecule has 3 aromatic carbocycles. The smallest absolute Gasteiger partial charge is 0.255 e. The second-order valence-electron chi connectivity index (χ2n) is 17.2. The molecule has 3 saturated heterocycles. The molecule has 0 spiro atoms. The number of aliphatic hydroxyl groups excluding tert-OH is 1. The van der Waals surface area contributed by atoms with Crippen LogP contribution in [0.1, 0.15) is 52.9 Å². The van der Waals surface area contributed by atoms with Gasteiger partial charge in [0.05, 0.1) is 24.5 Å². The van der Waals surface area contributed by atoms with Crippen LogP contribution < -0.4 is 15.5 Å². The Labute approximate surface area is 371 Å². The van der Waals surface area contributed by atoms with E-state index in [4.69, 9.17) is 10.1 Å². The molecule has 5 aromatic rings. The number of anilines is 2. The van der Waals surface area contributed by atoms with Crippen LogP contribution in [0.15, 0.2) is 72.8 Å². The number of hydrogen-bond acceptors (Lipinski definition) is 11. The molecular formula is C48H55FN10O5. The van der Waals surface area contributed by atoms with Crippen LogP contribution in [0.4, 0.5) is 15.9 Å². The maximum Gasteiger partial charge on any atom is 0.255 e. The average molecular weight is 871 g/mol. The van der Waals surface area contributed by atoms with Crippen molar-refractivity contribution < 1.29 is 28.7 Å². The molecule has 0 bridgehead atoms. The lowest BCUT2D eigenvalue weighted by Gasteiger charge is -2.35. The molecule has 334 valence electrons. The van der Waals surface area contributed by atoms with Crippen LogP contribution in [0.2, 0.25) is 0 Å². The molecule has 0 saturated carbocycles. The average Bonchev–Trinajstić information content (AvgIpc) is 3.82. The lowest BCUT2D eigenvalue weighted by atomic mass is 10.0. The normalized spacial score (nSPS) is 18.5. The van der Waals surface area contributed by atoms with Crippen LogP contribution in [0.5, 0.6) is 0 Å². The van der Waals surface area contributed by atoms with Gasteiger partial charge < -0.3 is 25.1 Å². The Morgan fingerprint density at radius 3 is 2.39 bits per heavy atom. The molecule has 4 aliphatic rings. The van der Waals surface area contributed by atoms with E-state index in [1.54, 1.807) is 0 Å². The molecule has 3 fully saturated rings. The molecule has 64 heavy (non-hydrogen) atoms. The number of benzene rings is 3. The quantitative estimate of drug-likeness (QED) is 0.110. The molecule has 1 atom stereocenters. The minimum absolute atomic E-state index is 0.0506. The summed E-state index contributed by atoms with van der Waals surface area (Å²) < 4.78 is 16.7. The van der Waals surface area contributed by atoms with Gasteiger partial charge in [-0.05, 0) is 68.5 Å². The first-order valence-corrected chi connectivity index (χ1v) is 22.5. The third-order valence-electron chi connectivity index (χ3n) is 13.1. The fraction of sp³-hybridized carbons (Fsp3) is 0.417. The summed E-state index contributed by atoms with van der Waals surface area (Å²) in [5, 5.41) is 19.9. The van der Waals surface area contributed by atoms with Crippen LogP contribution in [0.25, 0.3) is 28.0 Å². The Balaban J connectivity index is 0.785. The van der Waals surface area contributed by atoms with E-state index >= 15 is 0 Å². The number of β-amino-alcohol motifs (C(OH)–C–C–N with tert-alkyl or cyclic N) is 1. The van der Waals surface area contributed by atoms with Gasteiger partial charge in [0.1, 0.15) is 17.7 Å². The van der Waals surface area contributed by atoms with E-state index in [0.717, 1.165) is 111 Å². The number of aromatic nitrogens is 3. The summed E-state index contributed by atoms with van der Waals surface area (Å²) in [7, 11) is 0. The van der Waals surface area contributed by atoms with Crippen molar-refractivity contribution in [2.45, 2.75) is 51.6 Å². The van der Waals surface area contributed by atoms with Gasteiger partial charge in [0, 0.05) is 106 Å². The van der Waals surface area contributed by atoms with E-state index in [1.165, 1.54) is 16.5 Å². The predicted molar refractivity (Wildman–Crippen MR) is 241 cm³/mol. The molecule has 9 rings (SSSR count). The highest BCUT2D eigenvalue weighted by molar-refractivity contribution is 6.06. The van der Waals surface area contributed by atoms with Crippen LogP contribution in [0.3, 0.4) is 0 Å². The number of nitrogens with zero attached hydrogens (tertiary/aromatic N) is 8. The van der Waals surface area contributed by atoms with Gasteiger partial charge in [0.2, 0.25) is 17.7 Å². The van der Waals surface area contributed by atoms with Gasteiger partial charge in [-0.15, -0.1) is 0 Å². The zero-order valence-electron chi connectivity index (χ0n) is 36.3. The minimum atomic E-state index is -0.811. The number of piperidine rings is 1. The highest BCUT2D eigenvalue weighted by Crippen LogP contribution is 2.35. The summed E-state index contributed by atoms with van der Waals surface area (Å²) in [6.07, 6.45) is 3.31. The third-order valence-corrected chi connectivity index (χ3v) is 13.1. The van der Waals surface area contributed by atoms with Gasteiger partial charge in [-0.1, -0.05) is 48.5 Å². The van der Waals surface area contributed by atoms with E-state index < -0.39 is 23.7 Å². The minimum Gasteiger partial charge on any atom is -0.395 e. The highest BCUT2D eigenvalue weighted by Gasteiger charge is 2.40. The Bertz CT molecular complexity index is 2550. The largest absolute Gasteiger partial charge is 0.395 e. The lowest BCUT2D eigenvalue weighted by molar-refractivity contribution is -0.137. The molecule has 2 aromatic heterocycles. The zero-order chi connectivity index (χ0) is 44.3. The molecule has 3 N–H and O–H groups in total. The Morgan fingerprint density at radius 1 is 0.875 bits per heavy atom. The summed E-state index contributed by atoms with van der Waals surface area (Å²) in [5.41, 5.74) is 8.18. The molecular weight excluding hydrogens is 816 g/mol. The van der Waals surface area contributed by atoms with Gasteiger partial charge in [-0.3, -0.25) is 34.3 Å². The standard InChI is InChI=1S/C48H55FN10O5/c1-32-45(34-10-3-2-4-11-34)46-51-39(29-43(59(46)53-32)56-20-16-55(17-21-56)24-25-60)35-12-7-9-33(26-35)8-5-6-15-54-18-22-57(23-19-54)44(62)30-50-40-28-36(49)27-37-38(40)31-58(48(37)64)41-13-14-42(61)52-47(41)63/h2-4,7,9-12,26-29,41,50,60H,5-6,8,13-25,30-31H2,1H3,(H,52,61,63). The number of fused-ring (bicyclic) bond motifs is 2. The first-order valence-electron chi connectivity index (χ1n) is 22.5. The van der Waals surface area contributed by atoms with Crippen molar-refractivity contribution >= 4 is 40.8 Å². The lowest BCUT2D eigenvalue weighted by Crippen LogP contribution is -2.52. The number of imide groups is 1. The maximum atomic E-state index is 14.7. The van der Waals surface area contributed by atoms with Crippen molar-refractivity contribution in [2.75, 3.05) is 88.8 Å². The SMILES string of the molecule is Cc1nn2c(N3CCN(CCO)CC3)cc(-c3cccc(CCCCN4CCN(C(=O)CNc5cc(F)cc6c5CN(C5CCC(=O)NC5=O)C6=O)CC4)c3)nc2c1-c1ccccc1. The number of hydrogen-bond donors (Lipinski definition) is 3. The number of carbonyl (C=O) groups is 4. The van der Waals surface area contributed by atoms with Crippen LogP contribution in [0, 0.1) is 12.7 Å². The Morgan fingerprint density at radius 2 is 1.62 bits per heavy atom. The summed E-state index contributed by atoms with van der Waals surface area (Å²) in [5.74, 6) is -1.07. The number of carbonyl (C=O) groups excluding carboxylic acids is 4. The van der Waals surface area contributed by atoms with Gasteiger partial charge in [0.15, 0.2) is 5.65 Å². The highest BCUT2D eigenvalue weighted by atomic mass is 19.1. The predicted octanol–water partition coefficient (Wildman–Crippen LogP) is 3.97. The number of aryl methyl sites for hydroxylation is 2. The first-order chi connectivity index (χ1) is 31.1. The van der Waals surface area contributed by atoms with E-state index in [9.17, 15) is 28.7 Å². The van der Waals surface area contributed by atoms with Gasteiger partial charge in [-0.25, -0.2) is 9.37 Å². The molecule has 0 aliphatic carbocycles. The van der Waals surface area contributed by atoms with Crippen molar-refractivity contribution in [1.82, 2.24) is 39.5 Å². The van der Waals surface area contributed by atoms with Crippen LogP contribution >= 0.6 is 0 Å². The van der Waals surface area contributed by atoms with E-state index in [1.807, 2.05) is 34.5 Å². The second-order valence-corrected chi connectivity index (χ2v) is 17.2. The fourth-order valence-electron chi connectivity index (χ4n) is 9.60. The van der Waals surface area contributed by atoms with Gasteiger partial charge in [0.25, 0.3) is 5.91 Å². The molecule has 16 heteroatoms. The first kappa shape index (κ1) is 43.0. The molecule has 4 aliphatic heterocycles. The monoisotopic (exact) mass is 870 g/mol. The van der Waals surface area contributed by atoms with Gasteiger partial charge >= 0.3 is 0 Å². The third kappa shape index (κ3) is 9.08. The molecule has 0 radical (unpaired) electrons. The summed E-state index contributed by atoms with van der Waals surface area (Å²) in [6, 6.07) is 22.8. The number of unbranched alkanes of at least 4 members (excludes halogenated alkanes) is 1. The fourth-order valence-corrected chi connectivity index (χ4v) is 9.60. The van der Waals surface area contributed by atoms with Crippen molar-refractivity contribution in [3.05, 3.63) is 101 Å². The van der Waals surface area contributed by atoms with Crippen molar-refractivity contribution in [2.24, 2.45) is 0 Å². The number of rotatable bonds is 14.